The lowest BCUT2D eigenvalue weighted by Gasteiger charge is -2.23. The molecule has 0 saturated carbocycles. The second kappa shape index (κ2) is 6.67. The molecule has 0 aliphatic heterocycles. The van der Waals surface area contributed by atoms with E-state index in [0.29, 0.717) is 0 Å². The van der Waals surface area contributed by atoms with Gasteiger partial charge in [0, 0.05) is 13.7 Å². The molecule has 0 aromatic heterocycles. The van der Waals surface area contributed by atoms with Gasteiger partial charge in [-0.15, -0.1) is 0 Å². The lowest BCUT2D eigenvalue weighted by atomic mass is 10.3. The first-order chi connectivity index (χ1) is 6.49. The third kappa shape index (κ3) is 5.08. The molecule has 84 valence electrons. The second-order valence-electron chi connectivity index (χ2n) is 2.96. The maximum absolute atomic E-state index is 12.1. The first-order valence-corrected chi connectivity index (χ1v) is 4.30. The van der Waals surface area contributed by atoms with Crippen molar-refractivity contribution in [3.05, 3.63) is 0 Å². The Labute approximate surface area is 82.0 Å². The van der Waals surface area contributed by atoms with Crippen molar-refractivity contribution in [3.8, 4) is 0 Å². The Morgan fingerprint density at radius 1 is 1.57 bits per heavy atom. The molecule has 0 unspecified atom stereocenters. The molecule has 0 radical (unpaired) electrons. The van der Waals surface area contributed by atoms with Crippen molar-refractivity contribution in [1.82, 2.24) is 4.90 Å². The van der Waals surface area contributed by atoms with Crippen molar-refractivity contribution in [3.63, 3.8) is 0 Å². The smallest absolute Gasteiger partial charge is 0.255 e. The van der Waals surface area contributed by atoms with E-state index in [1.54, 1.807) is 0 Å². The minimum absolute atomic E-state index is 0.140. The van der Waals surface area contributed by atoms with E-state index in [2.05, 4.69) is 0 Å². The van der Waals surface area contributed by atoms with E-state index in [9.17, 15) is 13.6 Å². The predicted octanol–water partition coefficient (Wildman–Crippen LogP) is 0.0737. The van der Waals surface area contributed by atoms with E-state index in [-0.39, 0.29) is 13.2 Å². The number of nitrogens with two attached hydrogens (primary N) is 1. The van der Waals surface area contributed by atoms with E-state index in [1.807, 2.05) is 0 Å². The van der Waals surface area contributed by atoms with Crippen molar-refractivity contribution in [2.45, 2.75) is 19.4 Å². The average Bonchev–Trinajstić information content (AvgIpc) is 2.10. The predicted molar refractivity (Wildman–Crippen MR) is 48.1 cm³/mol. The highest BCUT2D eigenvalue weighted by molar-refractivity contribution is 5.81. The summed E-state index contributed by atoms with van der Waals surface area (Å²) in [5.41, 5.74) is 5.31. The largest absolute Gasteiger partial charge is 0.383 e. The maximum Gasteiger partial charge on any atom is 0.255 e. The fourth-order valence-corrected chi connectivity index (χ4v) is 0.948. The molecule has 0 aromatic rings. The van der Waals surface area contributed by atoms with Gasteiger partial charge in [-0.2, -0.15) is 0 Å². The number of nitrogens with zero attached hydrogens (tertiary/aromatic N) is 1. The van der Waals surface area contributed by atoms with Crippen LogP contribution in [0.15, 0.2) is 0 Å². The van der Waals surface area contributed by atoms with Gasteiger partial charge in [-0.25, -0.2) is 8.78 Å². The van der Waals surface area contributed by atoms with E-state index in [0.717, 1.165) is 4.90 Å². The van der Waals surface area contributed by atoms with Crippen LogP contribution in [0.2, 0.25) is 0 Å². The SMILES string of the molecule is COCCN(CC(F)F)C(=O)[C@H](C)N. The summed E-state index contributed by atoms with van der Waals surface area (Å²) in [7, 11) is 1.44. The molecule has 1 atom stereocenters. The number of hydrogen-bond acceptors (Lipinski definition) is 3. The summed E-state index contributed by atoms with van der Waals surface area (Å²) in [6.45, 7) is 1.24. The summed E-state index contributed by atoms with van der Waals surface area (Å²) in [5, 5.41) is 0. The topological polar surface area (TPSA) is 55.6 Å². The Morgan fingerprint density at radius 3 is 2.50 bits per heavy atom. The molecule has 1 amide bonds. The summed E-state index contributed by atoms with van der Waals surface area (Å²) >= 11 is 0. The van der Waals surface area contributed by atoms with Gasteiger partial charge < -0.3 is 15.4 Å². The second-order valence-corrected chi connectivity index (χ2v) is 2.96. The fourth-order valence-electron chi connectivity index (χ4n) is 0.948. The van der Waals surface area contributed by atoms with E-state index < -0.39 is 24.9 Å². The molecule has 0 rings (SSSR count). The highest BCUT2D eigenvalue weighted by atomic mass is 19.3. The highest BCUT2D eigenvalue weighted by Gasteiger charge is 2.20. The Bertz CT molecular complexity index is 177. The highest BCUT2D eigenvalue weighted by Crippen LogP contribution is 2.00. The van der Waals surface area contributed by atoms with Gasteiger partial charge in [-0.1, -0.05) is 0 Å². The Balaban J connectivity index is 4.15. The summed E-state index contributed by atoms with van der Waals surface area (Å²) in [6.07, 6.45) is -2.55. The van der Waals surface area contributed by atoms with Gasteiger partial charge >= 0.3 is 0 Å². The molecular weight excluding hydrogens is 194 g/mol. The third-order valence-corrected chi connectivity index (χ3v) is 1.62. The Kier molecular flexibility index (Phi) is 6.31. The summed E-state index contributed by atoms with van der Waals surface area (Å²) in [4.78, 5) is 12.3. The number of hydrogen-bond donors (Lipinski definition) is 1. The fraction of sp³-hybridized carbons (Fsp3) is 0.875. The maximum atomic E-state index is 12.1. The minimum Gasteiger partial charge on any atom is -0.383 e. The number of halogens is 2. The quantitative estimate of drug-likeness (QED) is 0.675. The van der Waals surface area contributed by atoms with Crippen LogP contribution in [0.4, 0.5) is 8.78 Å². The van der Waals surface area contributed by atoms with Crippen molar-refractivity contribution >= 4 is 5.91 Å². The van der Waals surface area contributed by atoms with Gasteiger partial charge in [0.05, 0.1) is 19.2 Å². The van der Waals surface area contributed by atoms with Crippen LogP contribution in [0.5, 0.6) is 0 Å². The lowest BCUT2D eigenvalue weighted by molar-refractivity contribution is -0.134. The zero-order chi connectivity index (χ0) is 11.1. The Morgan fingerprint density at radius 2 is 2.14 bits per heavy atom. The minimum atomic E-state index is -2.55. The van der Waals surface area contributed by atoms with Gasteiger partial charge in [-0.3, -0.25) is 4.79 Å². The molecule has 0 saturated heterocycles. The molecule has 0 heterocycles. The number of carbonyl (C=O) groups is 1. The molecule has 0 spiro atoms. The zero-order valence-corrected chi connectivity index (χ0v) is 8.37. The summed E-state index contributed by atoms with van der Waals surface area (Å²) in [5.74, 6) is -0.484. The molecular formula is C8H16F2N2O2. The van der Waals surface area contributed by atoms with Gasteiger partial charge in [0.1, 0.15) is 0 Å². The van der Waals surface area contributed by atoms with Crippen LogP contribution >= 0.6 is 0 Å². The average molecular weight is 210 g/mol. The van der Waals surface area contributed by atoms with Gasteiger partial charge in [0.15, 0.2) is 0 Å². The van der Waals surface area contributed by atoms with Crippen LogP contribution in [0, 0.1) is 0 Å². The number of amides is 1. The van der Waals surface area contributed by atoms with E-state index >= 15 is 0 Å². The molecule has 4 nitrogen and oxygen atoms in total. The van der Waals surface area contributed by atoms with Gasteiger partial charge in [0.25, 0.3) is 6.43 Å². The molecule has 0 aromatic carbocycles. The van der Waals surface area contributed by atoms with Crippen LogP contribution in [-0.4, -0.2) is 50.1 Å². The van der Waals surface area contributed by atoms with Crippen LogP contribution in [0.3, 0.4) is 0 Å². The van der Waals surface area contributed by atoms with Gasteiger partial charge in [-0.05, 0) is 6.92 Å². The first-order valence-electron chi connectivity index (χ1n) is 4.30. The molecule has 0 aliphatic rings. The Hall–Kier alpha value is -0.750. The van der Waals surface area contributed by atoms with E-state index in [4.69, 9.17) is 10.5 Å². The third-order valence-electron chi connectivity index (χ3n) is 1.62. The van der Waals surface area contributed by atoms with Crippen molar-refractivity contribution in [1.29, 1.82) is 0 Å². The molecule has 6 heteroatoms. The summed E-state index contributed by atoms with van der Waals surface area (Å²) < 4.78 is 28.8. The summed E-state index contributed by atoms with van der Waals surface area (Å²) in [6, 6.07) is -0.759. The van der Waals surface area contributed by atoms with Crippen molar-refractivity contribution in [2.24, 2.45) is 5.73 Å². The van der Waals surface area contributed by atoms with Gasteiger partial charge in [0.2, 0.25) is 5.91 Å². The number of carbonyl (C=O) groups excluding carboxylic acids is 1. The van der Waals surface area contributed by atoms with Crippen molar-refractivity contribution in [2.75, 3.05) is 26.8 Å². The van der Waals surface area contributed by atoms with E-state index in [1.165, 1.54) is 14.0 Å². The standard InChI is InChI=1S/C8H16F2N2O2/c1-6(11)8(13)12(3-4-14-2)5-7(9)10/h6-7H,3-5,11H2,1-2H3/t6-/m0/s1. The van der Waals surface area contributed by atoms with Crippen LogP contribution in [0.1, 0.15) is 6.92 Å². The monoisotopic (exact) mass is 210 g/mol. The molecule has 0 aliphatic carbocycles. The normalized spacial score (nSPS) is 13.0. The number of methoxy groups -OCH3 is 1. The van der Waals surface area contributed by atoms with Crippen LogP contribution < -0.4 is 5.73 Å². The number of alkyl halides is 2. The lowest BCUT2D eigenvalue weighted by Crippen LogP contribution is -2.45. The van der Waals surface area contributed by atoms with Crippen LogP contribution in [-0.2, 0) is 9.53 Å². The molecule has 14 heavy (non-hydrogen) atoms. The number of ether oxygens (including phenoxy) is 1. The van der Waals surface area contributed by atoms with Crippen molar-refractivity contribution < 1.29 is 18.3 Å². The molecule has 2 N–H and O–H groups in total. The molecule has 0 bridgehead atoms. The zero-order valence-electron chi connectivity index (χ0n) is 8.37. The van der Waals surface area contributed by atoms with Crippen LogP contribution in [0.25, 0.3) is 0 Å². The molecule has 0 fully saturated rings. The number of rotatable bonds is 6. The first kappa shape index (κ1) is 13.2.